The van der Waals surface area contributed by atoms with Crippen LogP contribution in [0.25, 0.3) is 0 Å². The minimum atomic E-state index is -0.280. The van der Waals surface area contributed by atoms with Gasteiger partial charge in [-0.2, -0.15) is 0 Å². The van der Waals surface area contributed by atoms with Crippen LogP contribution >= 0.6 is 11.3 Å². The lowest BCUT2D eigenvalue weighted by Crippen LogP contribution is -2.35. The maximum absolute atomic E-state index is 9.34. The van der Waals surface area contributed by atoms with Crippen molar-refractivity contribution in [2.75, 3.05) is 6.54 Å². The molecule has 0 aliphatic carbocycles. The van der Waals surface area contributed by atoms with Crippen molar-refractivity contribution in [1.82, 2.24) is 9.88 Å². The minimum Gasteiger partial charge on any atom is -0.392 e. The highest BCUT2D eigenvalue weighted by atomic mass is 32.1. The third-order valence-electron chi connectivity index (χ3n) is 2.05. The number of nitrogens with zero attached hydrogens (tertiary/aromatic N) is 2. The summed E-state index contributed by atoms with van der Waals surface area (Å²) in [6, 6.07) is 0.438. The van der Waals surface area contributed by atoms with E-state index < -0.39 is 0 Å². The molecule has 1 rings (SSSR count). The SMILES string of the molecule is CC(O)CN(Cc1nccs1)C(C)C. The highest BCUT2D eigenvalue weighted by Crippen LogP contribution is 2.11. The molecule has 0 aromatic carbocycles. The van der Waals surface area contributed by atoms with Gasteiger partial charge in [-0.1, -0.05) is 0 Å². The number of hydrogen-bond donors (Lipinski definition) is 1. The summed E-state index contributed by atoms with van der Waals surface area (Å²) in [7, 11) is 0. The van der Waals surface area contributed by atoms with E-state index >= 15 is 0 Å². The number of aliphatic hydroxyl groups is 1. The molecule has 3 nitrogen and oxygen atoms in total. The third-order valence-corrected chi connectivity index (χ3v) is 2.82. The van der Waals surface area contributed by atoms with Gasteiger partial charge in [0.15, 0.2) is 0 Å². The highest BCUT2D eigenvalue weighted by molar-refractivity contribution is 7.09. The molecule has 0 saturated carbocycles. The molecule has 0 spiro atoms. The van der Waals surface area contributed by atoms with Crippen molar-refractivity contribution in [2.45, 2.75) is 39.5 Å². The van der Waals surface area contributed by atoms with E-state index in [2.05, 4.69) is 23.7 Å². The van der Waals surface area contributed by atoms with Crippen LogP contribution in [0.2, 0.25) is 0 Å². The van der Waals surface area contributed by atoms with Gasteiger partial charge in [0, 0.05) is 24.2 Å². The molecule has 14 heavy (non-hydrogen) atoms. The molecule has 1 aromatic rings. The van der Waals surface area contributed by atoms with Crippen LogP contribution in [0.15, 0.2) is 11.6 Å². The Labute approximate surface area is 89.4 Å². The van der Waals surface area contributed by atoms with Crippen molar-refractivity contribution in [3.63, 3.8) is 0 Å². The van der Waals surface area contributed by atoms with E-state index in [4.69, 9.17) is 0 Å². The van der Waals surface area contributed by atoms with E-state index in [1.807, 2.05) is 18.5 Å². The lowest BCUT2D eigenvalue weighted by atomic mass is 10.2. The Morgan fingerprint density at radius 2 is 2.21 bits per heavy atom. The monoisotopic (exact) mass is 214 g/mol. The largest absolute Gasteiger partial charge is 0.392 e. The van der Waals surface area contributed by atoms with E-state index in [9.17, 15) is 5.11 Å². The van der Waals surface area contributed by atoms with Crippen molar-refractivity contribution in [2.24, 2.45) is 0 Å². The maximum atomic E-state index is 9.34. The number of hydrogen-bond acceptors (Lipinski definition) is 4. The standard InChI is InChI=1S/C10H18N2OS/c1-8(2)12(6-9(3)13)7-10-11-4-5-14-10/h4-5,8-9,13H,6-7H2,1-3H3. The fourth-order valence-electron chi connectivity index (χ4n) is 1.30. The second kappa shape index (κ2) is 5.44. The van der Waals surface area contributed by atoms with E-state index in [1.165, 1.54) is 0 Å². The molecule has 0 radical (unpaired) electrons. The van der Waals surface area contributed by atoms with Gasteiger partial charge in [0.2, 0.25) is 0 Å². The molecular formula is C10H18N2OS. The van der Waals surface area contributed by atoms with Gasteiger partial charge in [0.25, 0.3) is 0 Å². The summed E-state index contributed by atoms with van der Waals surface area (Å²) >= 11 is 1.66. The predicted molar refractivity (Wildman–Crippen MR) is 59.3 cm³/mol. The van der Waals surface area contributed by atoms with Crippen molar-refractivity contribution < 1.29 is 5.11 Å². The first-order valence-corrected chi connectivity index (χ1v) is 5.78. The summed E-state index contributed by atoms with van der Waals surface area (Å²) in [5.41, 5.74) is 0. The molecule has 80 valence electrons. The van der Waals surface area contributed by atoms with Crippen LogP contribution in [0, 0.1) is 0 Å². The second-order valence-electron chi connectivity index (χ2n) is 3.80. The van der Waals surface area contributed by atoms with Gasteiger partial charge >= 0.3 is 0 Å². The van der Waals surface area contributed by atoms with Gasteiger partial charge in [-0.05, 0) is 20.8 Å². The number of rotatable bonds is 5. The second-order valence-corrected chi connectivity index (χ2v) is 4.78. The first-order valence-electron chi connectivity index (χ1n) is 4.90. The Bertz CT molecular complexity index is 247. The van der Waals surface area contributed by atoms with Gasteiger partial charge in [0.1, 0.15) is 5.01 Å². The molecule has 0 aliphatic rings. The minimum absolute atomic E-state index is 0.280. The molecule has 0 saturated heterocycles. The molecule has 1 N–H and O–H groups in total. The Hall–Kier alpha value is -0.450. The molecule has 0 fully saturated rings. The van der Waals surface area contributed by atoms with Crippen LogP contribution in [0.5, 0.6) is 0 Å². The van der Waals surface area contributed by atoms with Crippen molar-refractivity contribution in [3.05, 3.63) is 16.6 Å². The quantitative estimate of drug-likeness (QED) is 0.811. The average Bonchev–Trinajstić information content (AvgIpc) is 2.54. The molecule has 0 amide bonds. The van der Waals surface area contributed by atoms with Gasteiger partial charge in [-0.3, -0.25) is 4.90 Å². The lowest BCUT2D eigenvalue weighted by molar-refractivity contribution is 0.103. The zero-order valence-electron chi connectivity index (χ0n) is 8.97. The number of aromatic nitrogens is 1. The zero-order valence-corrected chi connectivity index (χ0v) is 9.79. The van der Waals surface area contributed by atoms with Crippen molar-refractivity contribution in [3.8, 4) is 0 Å². The van der Waals surface area contributed by atoms with Crippen molar-refractivity contribution in [1.29, 1.82) is 0 Å². The van der Waals surface area contributed by atoms with Gasteiger partial charge in [-0.15, -0.1) is 11.3 Å². The molecule has 1 heterocycles. The first-order chi connectivity index (χ1) is 6.59. The zero-order chi connectivity index (χ0) is 10.6. The van der Waals surface area contributed by atoms with E-state index in [0.29, 0.717) is 12.6 Å². The lowest BCUT2D eigenvalue weighted by Gasteiger charge is -2.26. The van der Waals surface area contributed by atoms with E-state index in [0.717, 1.165) is 11.6 Å². The summed E-state index contributed by atoms with van der Waals surface area (Å²) in [4.78, 5) is 6.47. The van der Waals surface area contributed by atoms with E-state index in [1.54, 1.807) is 11.3 Å². The fourth-order valence-corrected chi connectivity index (χ4v) is 1.94. The summed E-state index contributed by atoms with van der Waals surface area (Å²) in [6.45, 7) is 7.63. The Kier molecular flexibility index (Phi) is 4.51. The van der Waals surface area contributed by atoms with Gasteiger partial charge in [0.05, 0.1) is 12.6 Å². The number of thiazole rings is 1. The molecule has 1 atom stereocenters. The summed E-state index contributed by atoms with van der Waals surface area (Å²) in [6.07, 6.45) is 1.54. The smallest absolute Gasteiger partial charge is 0.107 e. The number of aliphatic hydroxyl groups excluding tert-OH is 1. The third kappa shape index (κ3) is 3.74. The van der Waals surface area contributed by atoms with Crippen LogP contribution < -0.4 is 0 Å². The summed E-state index contributed by atoms with van der Waals surface area (Å²) in [5.74, 6) is 0. The van der Waals surface area contributed by atoms with Crippen LogP contribution in [0.4, 0.5) is 0 Å². The van der Waals surface area contributed by atoms with Gasteiger partial charge < -0.3 is 5.11 Å². The molecule has 0 aliphatic heterocycles. The topological polar surface area (TPSA) is 36.4 Å². The Morgan fingerprint density at radius 1 is 1.50 bits per heavy atom. The first kappa shape index (κ1) is 11.6. The molecule has 1 unspecified atom stereocenters. The molecular weight excluding hydrogens is 196 g/mol. The molecule has 0 bridgehead atoms. The van der Waals surface area contributed by atoms with Crippen LogP contribution in [-0.4, -0.2) is 33.7 Å². The fraction of sp³-hybridized carbons (Fsp3) is 0.700. The molecule has 4 heteroatoms. The molecule has 1 aromatic heterocycles. The van der Waals surface area contributed by atoms with Gasteiger partial charge in [-0.25, -0.2) is 4.98 Å². The van der Waals surface area contributed by atoms with E-state index in [-0.39, 0.29) is 6.10 Å². The van der Waals surface area contributed by atoms with Crippen LogP contribution in [0.1, 0.15) is 25.8 Å². The average molecular weight is 214 g/mol. The highest BCUT2D eigenvalue weighted by Gasteiger charge is 2.13. The van der Waals surface area contributed by atoms with Crippen molar-refractivity contribution >= 4 is 11.3 Å². The normalized spacial score (nSPS) is 13.9. The summed E-state index contributed by atoms with van der Waals surface area (Å²) < 4.78 is 0. The summed E-state index contributed by atoms with van der Waals surface area (Å²) in [5, 5.41) is 12.4. The maximum Gasteiger partial charge on any atom is 0.107 e. The van der Waals surface area contributed by atoms with Crippen LogP contribution in [-0.2, 0) is 6.54 Å². The Morgan fingerprint density at radius 3 is 2.64 bits per heavy atom. The van der Waals surface area contributed by atoms with Crippen LogP contribution in [0.3, 0.4) is 0 Å². The predicted octanol–water partition coefficient (Wildman–Crippen LogP) is 1.73. The Balaban J connectivity index is 2.51.